The highest BCUT2D eigenvalue weighted by molar-refractivity contribution is 5.97. The third-order valence-electron chi connectivity index (χ3n) is 5.48. The predicted octanol–water partition coefficient (Wildman–Crippen LogP) is 3.70. The average Bonchev–Trinajstić information content (AvgIpc) is 2.85. The van der Waals surface area contributed by atoms with Crippen LogP contribution in [0.4, 0.5) is 0 Å². The summed E-state index contributed by atoms with van der Waals surface area (Å²) in [4.78, 5) is 30.1. The highest BCUT2D eigenvalue weighted by atomic mass is 16.5. The van der Waals surface area contributed by atoms with Crippen LogP contribution in [0.5, 0.6) is 11.5 Å². The van der Waals surface area contributed by atoms with Gasteiger partial charge in [-0.1, -0.05) is 42.5 Å². The number of aryl methyl sites for hydroxylation is 1. The van der Waals surface area contributed by atoms with Crippen molar-refractivity contribution in [3.05, 3.63) is 99.5 Å². The SMILES string of the molecule is COc1cccc(CNC(=O)c2ccc3c(c2)nc(C)c(=O)n3Cc2ccccc2)c1OC. The summed E-state index contributed by atoms with van der Waals surface area (Å²) in [5.41, 5.74) is 3.79. The molecule has 0 saturated heterocycles. The minimum Gasteiger partial charge on any atom is -0.493 e. The van der Waals surface area contributed by atoms with E-state index in [4.69, 9.17) is 9.47 Å². The molecule has 0 aliphatic heterocycles. The molecule has 0 aliphatic rings. The molecule has 0 bridgehead atoms. The first-order valence-corrected chi connectivity index (χ1v) is 10.5. The minimum atomic E-state index is -0.248. The Balaban J connectivity index is 1.61. The van der Waals surface area contributed by atoms with Gasteiger partial charge in [0.1, 0.15) is 5.69 Å². The van der Waals surface area contributed by atoms with Crippen LogP contribution in [0.25, 0.3) is 11.0 Å². The fraction of sp³-hybridized carbons (Fsp3) is 0.192. The van der Waals surface area contributed by atoms with Crippen molar-refractivity contribution in [2.24, 2.45) is 0 Å². The van der Waals surface area contributed by atoms with Gasteiger partial charge < -0.3 is 19.4 Å². The Morgan fingerprint density at radius 1 is 1.00 bits per heavy atom. The molecule has 0 spiro atoms. The smallest absolute Gasteiger partial charge is 0.272 e. The standard InChI is InChI=1S/C26H25N3O4/c1-17-26(31)29(16-18-8-5-4-6-9-18)22-13-12-19(14-21(22)28-17)25(30)27-15-20-10-7-11-23(32-2)24(20)33-3/h4-14H,15-16H2,1-3H3,(H,27,30). The number of hydrogen-bond acceptors (Lipinski definition) is 5. The van der Waals surface area contributed by atoms with Crippen LogP contribution in [0.1, 0.15) is 27.2 Å². The Labute approximate surface area is 191 Å². The zero-order chi connectivity index (χ0) is 23.4. The molecule has 1 N–H and O–H groups in total. The van der Waals surface area contributed by atoms with Crippen molar-refractivity contribution >= 4 is 16.9 Å². The molecule has 0 atom stereocenters. The normalized spacial score (nSPS) is 10.8. The van der Waals surface area contributed by atoms with E-state index in [1.165, 1.54) is 0 Å². The maximum atomic E-state index is 12.9. The van der Waals surface area contributed by atoms with Gasteiger partial charge in [0.15, 0.2) is 11.5 Å². The van der Waals surface area contributed by atoms with E-state index in [1.54, 1.807) is 50.0 Å². The lowest BCUT2D eigenvalue weighted by Crippen LogP contribution is -2.26. The van der Waals surface area contributed by atoms with Gasteiger partial charge in [-0.15, -0.1) is 0 Å². The Hall–Kier alpha value is -4.13. The third kappa shape index (κ3) is 4.57. The number of hydrogen-bond donors (Lipinski definition) is 1. The second kappa shape index (κ2) is 9.56. The molecule has 0 fully saturated rings. The topological polar surface area (TPSA) is 82.5 Å². The molecule has 168 valence electrons. The molecule has 7 nitrogen and oxygen atoms in total. The van der Waals surface area contributed by atoms with E-state index in [0.29, 0.717) is 40.3 Å². The molecule has 1 aromatic heterocycles. The second-order valence-corrected chi connectivity index (χ2v) is 7.61. The van der Waals surface area contributed by atoms with Crippen molar-refractivity contribution in [1.29, 1.82) is 0 Å². The molecule has 7 heteroatoms. The Kier molecular flexibility index (Phi) is 6.40. The van der Waals surface area contributed by atoms with Crippen molar-refractivity contribution in [2.45, 2.75) is 20.0 Å². The first kappa shape index (κ1) is 22.1. The van der Waals surface area contributed by atoms with E-state index in [1.807, 2.05) is 42.5 Å². The summed E-state index contributed by atoms with van der Waals surface area (Å²) in [6.45, 7) is 2.39. The van der Waals surface area contributed by atoms with E-state index in [-0.39, 0.29) is 18.0 Å². The number of fused-ring (bicyclic) bond motifs is 1. The van der Waals surface area contributed by atoms with Crippen LogP contribution in [-0.2, 0) is 13.1 Å². The summed E-state index contributed by atoms with van der Waals surface area (Å²) in [7, 11) is 3.14. The van der Waals surface area contributed by atoms with Crippen molar-refractivity contribution < 1.29 is 14.3 Å². The van der Waals surface area contributed by atoms with Gasteiger partial charge in [0.2, 0.25) is 0 Å². The number of ether oxygens (including phenoxy) is 2. The quantitative estimate of drug-likeness (QED) is 0.471. The lowest BCUT2D eigenvalue weighted by atomic mass is 10.1. The van der Waals surface area contributed by atoms with Gasteiger partial charge in [0.25, 0.3) is 11.5 Å². The number of carbonyl (C=O) groups is 1. The van der Waals surface area contributed by atoms with E-state index in [2.05, 4.69) is 10.3 Å². The molecule has 4 aromatic rings. The van der Waals surface area contributed by atoms with Crippen LogP contribution in [0, 0.1) is 6.92 Å². The summed E-state index contributed by atoms with van der Waals surface area (Å²) < 4.78 is 12.4. The van der Waals surface area contributed by atoms with Crippen LogP contribution >= 0.6 is 0 Å². The lowest BCUT2D eigenvalue weighted by Gasteiger charge is -2.14. The highest BCUT2D eigenvalue weighted by Crippen LogP contribution is 2.30. The maximum absolute atomic E-state index is 12.9. The average molecular weight is 444 g/mol. The van der Waals surface area contributed by atoms with Gasteiger partial charge in [-0.3, -0.25) is 9.59 Å². The van der Waals surface area contributed by atoms with Gasteiger partial charge in [-0.05, 0) is 36.8 Å². The maximum Gasteiger partial charge on any atom is 0.272 e. The number of para-hydroxylation sites is 1. The first-order valence-electron chi connectivity index (χ1n) is 10.5. The van der Waals surface area contributed by atoms with Crippen LogP contribution in [-0.4, -0.2) is 29.7 Å². The highest BCUT2D eigenvalue weighted by Gasteiger charge is 2.14. The summed E-state index contributed by atoms with van der Waals surface area (Å²) in [6, 6.07) is 20.5. The van der Waals surface area contributed by atoms with E-state index in [0.717, 1.165) is 11.1 Å². The van der Waals surface area contributed by atoms with Crippen LogP contribution in [0.2, 0.25) is 0 Å². The molecule has 0 radical (unpaired) electrons. The minimum absolute atomic E-state index is 0.145. The number of rotatable bonds is 7. The summed E-state index contributed by atoms with van der Waals surface area (Å²) in [5, 5.41) is 2.92. The molecular formula is C26H25N3O4. The number of carbonyl (C=O) groups excluding carboxylic acids is 1. The Morgan fingerprint density at radius 2 is 1.79 bits per heavy atom. The Morgan fingerprint density at radius 3 is 2.52 bits per heavy atom. The zero-order valence-corrected chi connectivity index (χ0v) is 18.8. The van der Waals surface area contributed by atoms with E-state index < -0.39 is 0 Å². The molecule has 0 saturated carbocycles. The molecule has 0 aliphatic carbocycles. The van der Waals surface area contributed by atoms with Crippen LogP contribution < -0.4 is 20.3 Å². The second-order valence-electron chi connectivity index (χ2n) is 7.61. The zero-order valence-electron chi connectivity index (χ0n) is 18.8. The molecular weight excluding hydrogens is 418 g/mol. The number of benzene rings is 3. The van der Waals surface area contributed by atoms with Crippen molar-refractivity contribution in [3.63, 3.8) is 0 Å². The van der Waals surface area contributed by atoms with Crippen molar-refractivity contribution in [3.8, 4) is 11.5 Å². The third-order valence-corrected chi connectivity index (χ3v) is 5.48. The van der Waals surface area contributed by atoms with Gasteiger partial charge in [0.05, 0.1) is 31.8 Å². The number of methoxy groups -OCH3 is 2. The van der Waals surface area contributed by atoms with Gasteiger partial charge in [0, 0.05) is 17.7 Å². The van der Waals surface area contributed by atoms with Gasteiger partial charge in [-0.2, -0.15) is 0 Å². The number of nitrogens with zero attached hydrogens (tertiary/aromatic N) is 2. The monoisotopic (exact) mass is 443 g/mol. The van der Waals surface area contributed by atoms with Gasteiger partial charge in [-0.25, -0.2) is 4.98 Å². The van der Waals surface area contributed by atoms with Gasteiger partial charge >= 0.3 is 0 Å². The Bertz CT molecular complexity index is 1360. The largest absolute Gasteiger partial charge is 0.493 e. The number of amides is 1. The fourth-order valence-corrected chi connectivity index (χ4v) is 3.81. The van der Waals surface area contributed by atoms with E-state index in [9.17, 15) is 9.59 Å². The fourth-order valence-electron chi connectivity index (χ4n) is 3.81. The molecule has 0 unspecified atom stereocenters. The number of nitrogens with one attached hydrogen (secondary N) is 1. The first-order chi connectivity index (χ1) is 16.0. The summed E-state index contributed by atoms with van der Waals surface area (Å²) in [6.07, 6.45) is 0. The summed E-state index contributed by atoms with van der Waals surface area (Å²) in [5.74, 6) is 0.939. The molecule has 1 amide bonds. The molecule has 1 heterocycles. The van der Waals surface area contributed by atoms with Crippen LogP contribution in [0.15, 0.2) is 71.5 Å². The van der Waals surface area contributed by atoms with Crippen molar-refractivity contribution in [1.82, 2.24) is 14.9 Å². The molecule has 4 rings (SSSR count). The predicted molar refractivity (Wildman–Crippen MR) is 127 cm³/mol. The molecule has 3 aromatic carbocycles. The van der Waals surface area contributed by atoms with E-state index >= 15 is 0 Å². The number of aromatic nitrogens is 2. The van der Waals surface area contributed by atoms with Crippen molar-refractivity contribution in [2.75, 3.05) is 14.2 Å². The molecule has 33 heavy (non-hydrogen) atoms. The summed E-state index contributed by atoms with van der Waals surface area (Å²) >= 11 is 0. The lowest BCUT2D eigenvalue weighted by molar-refractivity contribution is 0.0950. The van der Waals surface area contributed by atoms with Crippen LogP contribution in [0.3, 0.4) is 0 Å².